The Kier molecular flexibility index (Phi) is 3.10. The Hall–Kier alpha value is -0.710. The number of Topliss-reactive ketones (excluding diaryl/α,β-unsaturated/α-hetero) is 1. The minimum atomic E-state index is -0.435. The number of fused-ring (bicyclic) bond motifs is 3. The number of hydrogen-bond acceptors (Lipinski definition) is 4. The highest BCUT2D eigenvalue weighted by molar-refractivity contribution is 5.87. The molecule has 0 bridgehead atoms. The van der Waals surface area contributed by atoms with Crippen molar-refractivity contribution in [2.45, 2.75) is 89.1 Å². The van der Waals surface area contributed by atoms with E-state index in [9.17, 15) is 4.79 Å². The van der Waals surface area contributed by atoms with Crippen LogP contribution in [0.2, 0.25) is 0 Å². The fourth-order valence-electron chi connectivity index (χ4n) is 7.35. The third-order valence-electron chi connectivity index (χ3n) is 9.02. The molecule has 2 saturated heterocycles. The summed E-state index contributed by atoms with van der Waals surface area (Å²) in [5.74, 6) is 1.13. The maximum absolute atomic E-state index is 12.5. The maximum atomic E-state index is 12.5. The zero-order chi connectivity index (χ0) is 18.7. The normalized spacial score (nSPS) is 51.7. The molecule has 6 rings (SSSR count). The van der Waals surface area contributed by atoms with Crippen molar-refractivity contribution in [3.63, 3.8) is 0 Å². The number of allylic oxidation sites excluding steroid dienone is 1. The Labute approximate surface area is 162 Å². The average molecular weight is 373 g/mol. The molecule has 2 aliphatic heterocycles. The van der Waals surface area contributed by atoms with Gasteiger partial charge in [0.05, 0.1) is 13.2 Å². The van der Waals surface area contributed by atoms with Crippen LogP contribution in [0.5, 0.6) is 0 Å². The fraction of sp³-hybridized carbons (Fsp3) is 0.870. The lowest BCUT2D eigenvalue weighted by Gasteiger charge is -2.51. The molecular weight excluding hydrogens is 340 g/mol. The number of hydrogen-bond donors (Lipinski definition) is 0. The predicted molar refractivity (Wildman–Crippen MR) is 100 cm³/mol. The third kappa shape index (κ3) is 2.03. The second-order valence-corrected chi connectivity index (χ2v) is 11.2. The van der Waals surface area contributed by atoms with Crippen molar-refractivity contribution in [1.29, 1.82) is 0 Å². The molecule has 4 heteroatoms. The first-order chi connectivity index (χ1) is 12.7. The molecule has 4 nitrogen and oxygen atoms in total. The van der Waals surface area contributed by atoms with Crippen LogP contribution in [0.3, 0.4) is 0 Å². The minimum absolute atomic E-state index is 0.0756. The smallest absolute Gasteiger partial charge is 0.171 e. The van der Waals surface area contributed by atoms with Crippen molar-refractivity contribution in [3.8, 4) is 0 Å². The SMILES string of the molecule is CC1(C)COC2(CC[C@@]34O[C@@]3(CC[C@@H]3C4=CC[C@@]4(C)C(=O)CC[C@@H]34)C2)OC1. The molecule has 0 aromatic rings. The van der Waals surface area contributed by atoms with Crippen LogP contribution in [0.25, 0.3) is 0 Å². The Balaban J connectivity index is 1.29. The first-order valence-electron chi connectivity index (χ1n) is 11.0. The van der Waals surface area contributed by atoms with E-state index in [0.717, 1.165) is 64.6 Å². The van der Waals surface area contributed by atoms with Crippen LogP contribution >= 0.6 is 0 Å². The zero-order valence-corrected chi connectivity index (χ0v) is 16.9. The zero-order valence-electron chi connectivity index (χ0n) is 16.9. The van der Waals surface area contributed by atoms with Gasteiger partial charge in [0.25, 0.3) is 0 Å². The molecule has 1 spiro atoms. The summed E-state index contributed by atoms with van der Waals surface area (Å²) in [5, 5.41) is 0. The van der Waals surface area contributed by atoms with Gasteiger partial charge < -0.3 is 14.2 Å². The van der Waals surface area contributed by atoms with Gasteiger partial charge in [0.2, 0.25) is 0 Å². The van der Waals surface area contributed by atoms with Gasteiger partial charge in [-0.1, -0.05) is 26.8 Å². The molecule has 3 saturated carbocycles. The van der Waals surface area contributed by atoms with E-state index in [2.05, 4.69) is 26.8 Å². The monoisotopic (exact) mass is 372 g/mol. The number of rotatable bonds is 0. The van der Waals surface area contributed by atoms with E-state index >= 15 is 0 Å². The van der Waals surface area contributed by atoms with Crippen LogP contribution in [-0.2, 0) is 19.0 Å². The summed E-state index contributed by atoms with van der Waals surface area (Å²) in [6, 6.07) is 0. The van der Waals surface area contributed by atoms with Gasteiger partial charge in [-0.25, -0.2) is 0 Å². The molecule has 27 heavy (non-hydrogen) atoms. The van der Waals surface area contributed by atoms with Gasteiger partial charge in [-0.05, 0) is 49.5 Å². The number of ketones is 1. The number of carbonyl (C=O) groups excluding carboxylic acids is 1. The molecule has 148 valence electrons. The summed E-state index contributed by atoms with van der Waals surface area (Å²) in [6.45, 7) is 8.16. The fourth-order valence-corrected chi connectivity index (χ4v) is 7.35. The van der Waals surface area contributed by atoms with Crippen LogP contribution in [0.15, 0.2) is 11.6 Å². The molecule has 0 radical (unpaired) electrons. The van der Waals surface area contributed by atoms with Gasteiger partial charge in [0.1, 0.15) is 17.0 Å². The molecule has 5 atom stereocenters. The van der Waals surface area contributed by atoms with Crippen LogP contribution in [0.1, 0.15) is 72.1 Å². The van der Waals surface area contributed by atoms with E-state index in [-0.39, 0.29) is 22.0 Å². The highest BCUT2D eigenvalue weighted by Gasteiger charge is 2.79. The number of epoxide rings is 1. The second-order valence-electron chi connectivity index (χ2n) is 11.2. The molecule has 0 unspecified atom stereocenters. The first-order valence-corrected chi connectivity index (χ1v) is 11.0. The molecule has 2 heterocycles. The highest BCUT2D eigenvalue weighted by atomic mass is 16.7. The van der Waals surface area contributed by atoms with Crippen molar-refractivity contribution in [2.24, 2.45) is 22.7 Å². The van der Waals surface area contributed by atoms with E-state index in [1.807, 2.05) is 0 Å². The van der Waals surface area contributed by atoms with E-state index < -0.39 is 5.79 Å². The first kappa shape index (κ1) is 17.2. The molecule has 0 aromatic carbocycles. The summed E-state index contributed by atoms with van der Waals surface area (Å²) < 4.78 is 19.3. The predicted octanol–water partition coefficient (Wildman–Crippen LogP) is 4.17. The Bertz CT molecular complexity index is 743. The Morgan fingerprint density at radius 1 is 1.04 bits per heavy atom. The molecular formula is C23H32O4. The quantitative estimate of drug-likeness (QED) is 0.473. The number of ether oxygens (including phenoxy) is 3. The van der Waals surface area contributed by atoms with E-state index in [0.29, 0.717) is 17.6 Å². The molecule has 0 aromatic heterocycles. The van der Waals surface area contributed by atoms with Gasteiger partial charge in [-0.2, -0.15) is 0 Å². The van der Waals surface area contributed by atoms with Crippen LogP contribution in [0.4, 0.5) is 0 Å². The Morgan fingerprint density at radius 3 is 2.59 bits per heavy atom. The summed E-state index contributed by atoms with van der Waals surface area (Å²) in [4.78, 5) is 12.5. The van der Waals surface area contributed by atoms with Crippen molar-refractivity contribution in [2.75, 3.05) is 13.2 Å². The van der Waals surface area contributed by atoms with Gasteiger partial charge in [-0.15, -0.1) is 0 Å². The van der Waals surface area contributed by atoms with Crippen molar-refractivity contribution >= 4 is 5.78 Å². The maximum Gasteiger partial charge on any atom is 0.171 e. The molecule has 6 aliphatic rings. The molecule has 0 N–H and O–H groups in total. The van der Waals surface area contributed by atoms with E-state index in [1.54, 1.807) is 0 Å². The summed E-state index contributed by atoms with van der Waals surface area (Å²) >= 11 is 0. The molecule has 5 fully saturated rings. The summed E-state index contributed by atoms with van der Waals surface area (Å²) in [5.41, 5.74) is 1.37. The Morgan fingerprint density at radius 2 is 1.81 bits per heavy atom. The van der Waals surface area contributed by atoms with Crippen molar-refractivity contribution in [1.82, 2.24) is 0 Å². The van der Waals surface area contributed by atoms with Crippen molar-refractivity contribution < 1.29 is 19.0 Å². The summed E-state index contributed by atoms with van der Waals surface area (Å²) in [7, 11) is 0. The van der Waals surface area contributed by atoms with Gasteiger partial charge >= 0.3 is 0 Å². The van der Waals surface area contributed by atoms with Gasteiger partial charge in [0.15, 0.2) is 5.79 Å². The van der Waals surface area contributed by atoms with Crippen LogP contribution < -0.4 is 0 Å². The van der Waals surface area contributed by atoms with Crippen LogP contribution in [0, 0.1) is 22.7 Å². The largest absolute Gasteiger partial charge is 0.358 e. The third-order valence-corrected chi connectivity index (χ3v) is 9.02. The lowest BCUT2D eigenvalue weighted by Crippen LogP contribution is -2.56. The topological polar surface area (TPSA) is 48.1 Å². The minimum Gasteiger partial charge on any atom is -0.358 e. The average Bonchev–Trinajstić information content (AvgIpc) is 3.23. The van der Waals surface area contributed by atoms with Gasteiger partial charge in [-0.3, -0.25) is 4.79 Å². The van der Waals surface area contributed by atoms with E-state index in [4.69, 9.17) is 14.2 Å². The van der Waals surface area contributed by atoms with Crippen LogP contribution in [-0.4, -0.2) is 36.0 Å². The highest BCUT2D eigenvalue weighted by Crippen LogP contribution is 2.73. The molecule has 0 amide bonds. The van der Waals surface area contributed by atoms with Gasteiger partial charge in [0, 0.05) is 30.1 Å². The second kappa shape index (κ2) is 4.88. The van der Waals surface area contributed by atoms with E-state index in [1.165, 1.54) is 5.57 Å². The standard InChI is InChI=1S/C23H32O4/c1-19(2)13-25-22(26-14-19)10-11-23-17-7-8-20(3)16(4-5-18(20)24)15(17)6-9-21(23,12-22)27-23/h7,15-16H,4-6,8-14H2,1-3H3/t15-,16-,20+,21-,23-/m0/s1. The lowest BCUT2D eigenvalue weighted by atomic mass is 9.54. The lowest BCUT2D eigenvalue weighted by molar-refractivity contribution is -0.313. The number of carbonyl (C=O) groups is 1. The molecule has 4 aliphatic carbocycles. The van der Waals surface area contributed by atoms with Crippen molar-refractivity contribution in [3.05, 3.63) is 11.6 Å². The summed E-state index contributed by atoms with van der Waals surface area (Å²) in [6.07, 6.45) is 10.2.